The first-order chi connectivity index (χ1) is 15.5. The number of benzene rings is 1. The molecule has 172 valence electrons. The van der Waals surface area contributed by atoms with Gasteiger partial charge in [0.2, 0.25) is 0 Å². The quantitative estimate of drug-likeness (QED) is 0.411. The molecule has 7 nitrogen and oxygen atoms in total. The molecule has 0 radical (unpaired) electrons. The molecule has 0 unspecified atom stereocenters. The summed E-state index contributed by atoms with van der Waals surface area (Å²) in [5.41, 5.74) is 3.92. The van der Waals surface area contributed by atoms with E-state index < -0.39 is 23.1 Å². The van der Waals surface area contributed by atoms with Crippen LogP contribution in [0, 0.1) is 11.6 Å². The van der Waals surface area contributed by atoms with Crippen molar-refractivity contribution in [1.29, 1.82) is 0 Å². The summed E-state index contributed by atoms with van der Waals surface area (Å²) in [6, 6.07) is 8.65. The lowest BCUT2D eigenvalue weighted by molar-refractivity contribution is 0.0778. The average molecular weight is 473 g/mol. The molecule has 2 aromatic heterocycles. The van der Waals surface area contributed by atoms with Crippen molar-refractivity contribution in [3.8, 4) is 10.4 Å². The predicted molar refractivity (Wildman–Crippen MR) is 124 cm³/mol. The third-order valence-corrected chi connectivity index (χ3v) is 6.24. The van der Waals surface area contributed by atoms with Crippen LogP contribution in [0.25, 0.3) is 10.4 Å². The minimum atomic E-state index is -1.42. The first-order valence-electron chi connectivity index (χ1n) is 10.1. The van der Waals surface area contributed by atoms with E-state index in [4.69, 9.17) is 5.73 Å². The molecule has 0 atom stereocenters. The van der Waals surface area contributed by atoms with Crippen molar-refractivity contribution >= 4 is 33.9 Å². The van der Waals surface area contributed by atoms with Crippen molar-refractivity contribution < 1.29 is 23.8 Å². The van der Waals surface area contributed by atoms with Gasteiger partial charge in [0.1, 0.15) is 34.0 Å². The molecule has 1 aliphatic rings. The van der Waals surface area contributed by atoms with Crippen LogP contribution >= 0.6 is 11.3 Å². The van der Waals surface area contributed by atoms with Gasteiger partial charge in [0.15, 0.2) is 0 Å². The summed E-state index contributed by atoms with van der Waals surface area (Å²) in [7, 11) is 0. The zero-order valence-electron chi connectivity index (χ0n) is 17.9. The molecule has 1 amide bonds. The van der Waals surface area contributed by atoms with Crippen LogP contribution in [0.1, 0.15) is 36.2 Å². The number of carbonyl (C=O) groups is 1. The second kappa shape index (κ2) is 8.45. The topological polar surface area (TPSA) is 112 Å². The van der Waals surface area contributed by atoms with Crippen LogP contribution in [0.2, 0.25) is 0 Å². The standard InChI is InChI=1S/C23H22F2N4O3S/c1-23(2,32)12-8-15(24)20(16(25)9-12)17-10-14(21(26)31)22(33-17)28-18-4-3-5-19(27-18)29-7-6-13(30)11-29/h3-5,8-11,30,32H,6-7H2,1-2H3,(H2,26,31)(H,27,28). The average Bonchev–Trinajstić information content (AvgIpc) is 3.33. The fourth-order valence-electron chi connectivity index (χ4n) is 3.45. The largest absolute Gasteiger partial charge is 0.511 e. The molecule has 3 heterocycles. The second-order valence-electron chi connectivity index (χ2n) is 8.16. The molecule has 33 heavy (non-hydrogen) atoms. The third kappa shape index (κ3) is 4.67. The maximum atomic E-state index is 14.8. The Labute approximate surface area is 192 Å². The van der Waals surface area contributed by atoms with E-state index in [1.807, 2.05) is 0 Å². The fourth-order valence-corrected chi connectivity index (χ4v) is 4.56. The highest BCUT2D eigenvalue weighted by molar-refractivity contribution is 7.20. The summed E-state index contributed by atoms with van der Waals surface area (Å²) in [5.74, 6) is -1.26. The monoisotopic (exact) mass is 472 g/mol. The number of nitrogens with one attached hydrogen (secondary N) is 1. The Morgan fingerprint density at radius 3 is 2.52 bits per heavy atom. The van der Waals surface area contributed by atoms with Crippen LogP contribution in [0.15, 0.2) is 48.4 Å². The number of carbonyl (C=O) groups excluding carboxylic acids is 1. The van der Waals surface area contributed by atoms with E-state index in [9.17, 15) is 23.8 Å². The Morgan fingerprint density at radius 2 is 1.94 bits per heavy atom. The Morgan fingerprint density at radius 1 is 1.24 bits per heavy atom. The van der Waals surface area contributed by atoms with Gasteiger partial charge in [-0.1, -0.05) is 6.07 Å². The Balaban J connectivity index is 1.70. The Kier molecular flexibility index (Phi) is 5.81. The highest BCUT2D eigenvalue weighted by atomic mass is 32.1. The Hall–Kier alpha value is -3.50. The molecule has 0 saturated heterocycles. The number of rotatable bonds is 6. The van der Waals surface area contributed by atoms with Gasteiger partial charge in [0, 0.05) is 24.0 Å². The molecule has 1 aromatic carbocycles. The van der Waals surface area contributed by atoms with Gasteiger partial charge in [0.25, 0.3) is 5.91 Å². The van der Waals surface area contributed by atoms with Gasteiger partial charge in [-0.05, 0) is 49.7 Å². The summed E-state index contributed by atoms with van der Waals surface area (Å²) in [5, 5.41) is 23.0. The van der Waals surface area contributed by atoms with Gasteiger partial charge < -0.3 is 26.2 Å². The molecule has 4 rings (SSSR count). The lowest BCUT2D eigenvalue weighted by atomic mass is 9.96. The van der Waals surface area contributed by atoms with Crippen molar-refractivity contribution in [2.24, 2.45) is 5.73 Å². The number of aromatic nitrogens is 1. The van der Waals surface area contributed by atoms with Crippen molar-refractivity contribution in [2.45, 2.75) is 25.9 Å². The van der Waals surface area contributed by atoms with Gasteiger partial charge in [-0.15, -0.1) is 11.3 Å². The van der Waals surface area contributed by atoms with Gasteiger partial charge in [-0.2, -0.15) is 0 Å². The highest BCUT2D eigenvalue weighted by Gasteiger charge is 2.24. The van der Waals surface area contributed by atoms with E-state index in [1.54, 1.807) is 29.3 Å². The number of aliphatic hydroxyl groups is 2. The molecule has 1 aliphatic heterocycles. The van der Waals surface area contributed by atoms with Crippen LogP contribution in [0.3, 0.4) is 0 Å². The zero-order chi connectivity index (χ0) is 23.9. The summed E-state index contributed by atoms with van der Waals surface area (Å²) >= 11 is 0.956. The number of hydrogen-bond acceptors (Lipinski definition) is 7. The molecule has 0 aliphatic carbocycles. The number of aliphatic hydroxyl groups excluding tert-OH is 1. The van der Waals surface area contributed by atoms with Gasteiger partial charge >= 0.3 is 0 Å². The summed E-state index contributed by atoms with van der Waals surface area (Å²) in [4.78, 5) is 18.4. The van der Waals surface area contributed by atoms with Gasteiger partial charge in [0.05, 0.1) is 16.7 Å². The molecule has 5 N–H and O–H groups in total. The predicted octanol–water partition coefficient (Wildman–Crippen LogP) is 4.77. The zero-order valence-corrected chi connectivity index (χ0v) is 18.7. The Bertz CT molecular complexity index is 1240. The van der Waals surface area contributed by atoms with Crippen molar-refractivity contribution in [1.82, 2.24) is 4.98 Å². The number of hydrogen-bond donors (Lipinski definition) is 4. The number of nitrogens with zero attached hydrogens (tertiary/aromatic N) is 2. The van der Waals surface area contributed by atoms with Crippen LogP contribution < -0.4 is 16.0 Å². The smallest absolute Gasteiger partial charge is 0.251 e. The molecule has 0 fully saturated rings. The number of primary amides is 1. The van der Waals surface area contributed by atoms with Crippen LogP contribution in [0.5, 0.6) is 0 Å². The molecule has 0 spiro atoms. The number of amides is 1. The van der Waals surface area contributed by atoms with E-state index in [-0.39, 0.29) is 32.3 Å². The summed E-state index contributed by atoms with van der Waals surface area (Å²) in [6.45, 7) is 3.44. The van der Waals surface area contributed by atoms with Crippen molar-refractivity contribution in [3.63, 3.8) is 0 Å². The summed E-state index contributed by atoms with van der Waals surface area (Å²) in [6.07, 6.45) is 2.11. The molecule has 3 aromatic rings. The number of anilines is 3. The van der Waals surface area contributed by atoms with E-state index in [1.165, 1.54) is 19.9 Å². The fraction of sp³-hybridized carbons (Fsp3) is 0.217. The number of thiophene rings is 1. The number of halogens is 2. The maximum Gasteiger partial charge on any atom is 0.251 e. The third-order valence-electron chi connectivity index (χ3n) is 5.18. The van der Waals surface area contributed by atoms with E-state index in [0.29, 0.717) is 24.6 Å². The highest BCUT2D eigenvalue weighted by Crippen LogP contribution is 2.40. The molecule has 0 saturated carbocycles. The molecular formula is C23H22F2N4O3S. The van der Waals surface area contributed by atoms with E-state index in [2.05, 4.69) is 10.3 Å². The second-order valence-corrected chi connectivity index (χ2v) is 9.21. The number of pyridine rings is 1. The minimum Gasteiger partial charge on any atom is -0.511 e. The van der Waals surface area contributed by atoms with Gasteiger partial charge in [-0.25, -0.2) is 13.8 Å². The lowest BCUT2D eigenvalue weighted by Crippen LogP contribution is -2.16. The molecular weight excluding hydrogens is 450 g/mol. The van der Waals surface area contributed by atoms with Gasteiger partial charge in [-0.3, -0.25) is 4.79 Å². The molecule has 10 heteroatoms. The normalized spacial score (nSPS) is 13.8. The van der Waals surface area contributed by atoms with Crippen molar-refractivity contribution in [3.05, 3.63) is 71.1 Å². The van der Waals surface area contributed by atoms with E-state index >= 15 is 0 Å². The lowest BCUT2D eigenvalue weighted by Gasteiger charge is -2.18. The van der Waals surface area contributed by atoms with E-state index in [0.717, 1.165) is 23.5 Å². The summed E-state index contributed by atoms with van der Waals surface area (Å²) < 4.78 is 29.7. The molecule has 0 bridgehead atoms. The van der Waals surface area contributed by atoms with Crippen molar-refractivity contribution in [2.75, 3.05) is 16.8 Å². The SMILES string of the molecule is CC(C)(O)c1cc(F)c(-c2cc(C(N)=O)c(Nc3cccc(N4C=C(O)CC4)n3)s2)c(F)c1. The van der Waals surface area contributed by atoms with Crippen LogP contribution in [-0.4, -0.2) is 27.6 Å². The van der Waals surface area contributed by atoms with Crippen LogP contribution in [0.4, 0.5) is 25.4 Å². The minimum absolute atomic E-state index is 0.0614. The number of nitrogens with two attached hydrogens (primary N) is 1. The van der Waals surface area contributed by atoms with Crippen LogP contribution in [-0.2, 0) is 5.60 Å². The first kappa shape index (κ1) is 22.7. The maximum absolute atomic E-state index is 14.8. The first-order valence-corrected chi connectivity index (χ1v) is 10.9.